The van der Waals surface area contributed by atoms with Crippen LogP contribution in [0.1, 0.15) is 39.2 Å². The molecule has 3 rings (SSSR count). The number of likely N-dealkylation sites (N-methyl/N-ethyl adjacent to an activating group) is 1. The highest BCUT2D eigenvalue weighted by Gasteiger charge is 2.40. The van der Waals surface area contributed by atoms with Crippen molar-refractivity contribution < 1.29 is 14.0 Å². The normalized spacial score (nSPS) is 24.5. The molecule has 1 amide bonds. The van der Waals surface area contributed by atoms with E-state index in [4.69, 9.17) is 4.84 Å². The van der Waals surface area contributed by atoms with Crippen LogP contribution in [0.25, 0.3) is 0 Å². The van der Waals surface area contributed by atoms with Gasteiger partial charge < -0.3 is 14.6 Å². The molecule has 0 radical (unpaired) electrons. The zero-order valence-electron chi connectivity index (χ0n) is 16.0. The van der Waals surface area contributed by atoms with Crippen LogP contribution in [0.5, 0.6) is 0 Å². The van der Waals surface area contributed by atoms with Crippen LogP contribution in [0.3, 0.4) is 0 Å². The van der Waals surface area contributed by atoms with Crippen molar-refractivity contribution >= 4 is 11.6 Å². The molecule has 2 aliphatic rings. The first-order valence-corrected chi connectivity index (χ1v) is 9.39. The molecule has 2 aliphatic heterocycles. The fraction of sp³-hybridized carbons (Fsp3) is 0.600. The van der Waals surface area contributed by atoms with Crippen molar-refractivity contribution in [2.75, 3.05) is 20.1 Å². The summed E-state index contributed by atoms with van der Waals surface area (Å²) in [4.78, 5) is 22.7. The summed E-state index contributed by atoms with van der Waals surface area (Å²) >= 11 is 0. The van der Waals surface area contributed by atoms with E-state index in [1.807, 2.05) is 18.9 Å². The lowest BCUT2D eigenvalue weighted by Gasteiger charge is -2.39. The lowest BCUT2D eigenvalue weighted by atomic mass is 9.92. The molecule has 0 bridgehead atoms. The second kappa shape index (κ2) is 7.74. The van der Waals surface area contributed by atoms with Crippen LogP contribution in [0.4, 0.5) is 4.39 Å². The van der Waals surface area contributed by atoms with Crippen molar-refractivity contribution in [3.05, 3.63) is 35.6 Å². The van der Waals surface area contributed by atoms with Gasteiger partial charge in [-0.3, -0.25) is 4.79 Å². The Morgan fingerprint density at radius 3 is 2.46 bits per heavy atom. The Hall–Kier alpha value is -1.95. The zero-order chi connectivity index (χ0) is 18.8. The van der Waals surface area contributed by atoms with Gasteiger partial charge in [0.1, 0.15) is 5.82 Å². The molecule has 1 aromatic carbocycles. The second-order valence-corrected chi connectivity index (χ2v) is 7.61. The molecule has 26 heavy (non-hydrogen) atoms. The van der Waals surface area contributed by atoms with Gasteiger partial charge in [-0.15, -0.1) is 0 Å². The molecular weight excluding hydrogens is 333 g/mol. The molecule has 2 heterocycles. The number of oxime groups is 1. The van der Waals surface area contributed by atoms with Crippen molar-refractivity contribution in [1.29, 1.82) is 0 Å². The molecule has 1 saturated heterocycles. The lowest BCUT2D eigenvalue weighted by molar-refractivity contribution is -0.145. The smallest absolute Gasteiger partial charge is 0.267 e. The molecule has 5 nitrogen and oxygen atoms in total. The van der Waals surface area contributed by atoms with Gasteiger partial charge in [-0.05, 0) is 44.4 Å². The predicted molar refractivity (Wildman–Crippen MR) is 99.5 cm³/mol. The topological polar surface area (TPSA) is 45.1 Å². The van der Waals surface area contributed by atoms with Crippen LogP contribution in [-0.2, 0) is 9.63 Å². The van der Waals surface area contributed by atoms with Gasteiger partial charge in [-0.1, -0.05) is 24.2 Å². The average Bonchev–Trinajstić information content (AvgIpc) is 3.02. The van der Waals surface area contributed by atoms with E-state index in [0.29, 0.717) is 11.8 Å². The number of benzene rings is 1. The Labute approximate surface area is 154 Å². The fourth-order valence-electron chi connectivity index (χ4n) is 3.80. The maximum absolute atomic E-state index is 13.1. The first kappa shape index (κ1) is 18.8. The van der Waals surface area contributed by atoms with Gasteiger partial charge in [-0.25, -0.2) is 4.39 Å². The van der Waals surface area contributed by atoms with Crippen molar-refractivity contribution in [1.82, 2.24) is 9.80 Å². The molecule has 2 atom stereocenters. The summed E-state index contributed by atoms with van der Waals surface area (Å²) in [6.07, 6.45) is 1.35. The van der Waals surface area contributed by atoms with Crippen LogP contribution < -0.4 is 0 Å². The predicted octanol–water partition coefficient (Wildman–Crippen LogP) is 2.90. The third kappa shape index (κ3) is 3.75. The van der Waals surface area contributed by atoms with E-state index in [0.717, 1.165) is 31.5 Å². The summed E-state index contributed by atoms with van der Waals surface area (Å²) in [5.74, 6) is -0.478. The molecule has 1 aromatic rings. The largest absolute Gasteiger partial charge is 0.381 e. The van der Waals surface area contributed by atoms with E-state index in [-0.39, 0.29) is 23.7 Å². The van der Waals surface area contributed by atoms with Crippen molar-refractivity contribution in [3.8, 4) is 0 Å². The van der Waals surface area contributed by atoms with Crippen LogP contribution in [0.2, 0.25) is 0 Å². The summed E-state index contributed by atoms with van der Waals surface area (Å²) in [6.45, 7) is 8.37. The maximum atomic E-state index is 13.1. The number of nitrogens with zero attached hydrogens (tertiary/aromatic N) is 3. The molecule has 0 unspecified atom stereocenters. The summed E-state index contributed by atoms with van der Waals surface area (Å²) in [5, 5.41) is 4.12. The highest BCUT2D eigenvalue weighted by molar-refractivity contribution is 6.05. The molecule has 0 spiro atoms. The molecule has 0 N–H and O–H groups in total. The van der Waals surface area contributed by atoms with Crippen molar-refractivity contribution in [2.24, 2.45) is 11.1 Å². The van der Waals surface area contributed by atoms with E-state index in [9.17, 15) is 9.18 Å². The third-order valence-electron chi connectivity index (χ3n) is 5.66. The molecular formula is C20H28FN3O2. The molecule has 0 aliphatic carbocycles. The minimum atomic E-state index is -0.608. The minimum absolute atomic E-state index is 0.0265. The van der Waals surface area contributed by atoms with E-state index in [1.54, 1.807) is 12.1 Å². The highest BCUT2D eigenvalue weighted by Crippen LogP contribution is 2.26. The quantitative estimate of drug-likeness (QED) is 0.828. The summed E-state index contributed by atoms with van der Waals surface area (Å²) in [6, 6.07) is 6.92. The summed E-state index contributed by atoms with van der Waals surface area (Å²) in [5.41, 5.74) is 1.49. The monoisotopic (exact) mass is 361 g/mol. The SMILES string of the molecule is CC(C)N1CCC(N(C)C(=O)[C@@H]2ON=C(c3ccc(F)cc3)[C@H]2C)CC1. The van der Waals surface area contributed by atoms with Crippen LogP contribution in [-0.4, -0.2) is 59.7 Å². The van der Waals surface area contributed by atoms with Gasteiger partial charge in [0, 0.05) is 32.2 Å². The lowest BCUT2D eigenvalue weighted by Crippen LogP contribution is -2.50. The molecule has 1 fully saturated rings. The minimum Gasteiger partial charge on any atom is -0.381 e. The van der Waals surface area contributed by atoms with E-state index < -0.39 is 6.10 Å². The molecule has 6 heteroatoms. The second-order valence-electron chi connectivity index (χ2n) is 7.61. The number of hydrogen-bond donors (Lipinski definition) is 0. The van der Waals surface area contributed by atoms with Gasteiger partial charge >= 0.3 is 0 Å². The molecule has 0 aromatic heterocycles. The van der Waals surface area contributed by atoms with Crippen LogP contribution >= 0.6 is 0 Å². The number of carbonyl (C=O) groups excluding carboxylic acids is 1. The molecule has 0 saturated carbocycles. The van der Waals surface area contributed by atoms with Gasteiger partial charge in [0.25, 0.3) is 5.91 Å². The first-order chi connectivity index (χ1) is 12.4. The number of amides is 1. The van der Waals surface area contributed by atoms with E-state index >= 15 is 0 Å². The van der Waals surface area contributed by atoms with Gasteiger partial charge in [0.2, 0.25) is 6.10 Å². The number of halogens is 1. The Balaban J connectivity index is 1.61. The number of likely N-dealkylation sites (tertiary alicyclic amines) is 1. The Morgan fingerprint density at radius 2 is 1.88 bits per heavy atom. The van der Waals surface area contributed by atoms with Gasteiger partial charge in [-0.2, -0.15) is 0 Å². The van der Waals surface area contributed by atoms with Crippen molar-refractivity contribution in [3.63, 3.8) is 0 Å². The van der Waals surface area contributed by atoms with E-state index in [1.165, 1.54) is 12.1 Å². The Bertz CT molecular complexity index is 666. The highest BCUT2D eigenvalue weighted by atomic mass is 19.1. The first-order valence-electron chi connectivity index (χ1n) is 9.39. The van der Waals surface area contributed by atoms with Crippen LogP contribution in [0, 0.1) is 11.7 Å². The number of carbonyl (C=O) groups is 1. The summed E-state index contributed by atoms with van der Waals surface area (Å²) in [7, 11) is 1.87. The zero-order valence-corrected chi connectivity index (χ0v) is 16.0. The van der Waals surface area contributed by atoms with E-state index in [2.05, 4.69) is 23.9 Å². The molecule has 142 valence electrons. The van der Waals surface area contributed by atoms with Gasteiger partial charge in [0.05, 0.1) is 11.6 Å². The number of rotatable bonds is 4. The standard InChI is InChI=1S/C20H28FN3O2/c1-13(2)24-11-9-17(10-12-24)23(4)20(25)19-14(3)18(22-26-19)15-5-7-16(21)8-6-15/h5-8,13-14,17,19H,9-12H2,1-4H3/t14-,19-/m1/s1. The average molecular weight is 361 g/mol. The Morgan fingerprint density at radius 1 is 1.27 bits per heavy atom. The maximum Gasteiger partial charge on any atom is 0.267 e. The van der Waals surface area contributed by atoms with Crippen molar-refractivity contribution in [2.45, 2.75) is 51.8 Å². The summed E-state index contributed by atoms with van der Waals surface area (Å²) < 4.78 is 13.1. The van der Waals surface area contributed by atoms with Crippen LogP contribution in [0.15, 0.2) is 29.4 Å². The fourth-order valence-corrected chi connectivity index (χ4v) is 3.80. The number of piperidine rings is 1. The Kier molecular flexibility index (Phi) is 5.61. The number of hydrogen-bond acceptors (Lipinski definition) is 4. The third-order valence-corrected chi connectivity index (χ3v) is 5.66. The van der Waals surface area contributed by atoms with Gasteiger partial charge in [0.15, 0.2) is 0 Å².